The number of hydrogen-bond acceptors (Lipinski definition) is 0. The van der Waals surface area contributed by atoms with E-state index < -0.39 is 0 Å². The summed E-state index contributed by atoms with van der Waals surface area (Å²) in [5.74, 6) is 0. The molecule has 0 aromatic rings. The molecule has 0 aliphatic rings. The summed E-state index contributed by atoms with van der Waals surface area (Å²) in [6, 6.07) is 0. The van der Waals surface area contributed by atoms with Gasteiger partial charge in [-0.25, -0.2) is 0 Å². The van der Waals surface area contributed by atoms with Crippen molar-refractivity contribution in [3.05, 3.63) is 0 Å². The third-order valence-corrected chi connectivity index (χ3v) is 0. The Morgan fingerprint density at radius 2 is 1.00 bits per heavy atom. The fourth-order valence-corrected chi connectivity index (χ4v) is 0. The van der Waals surface area contributed by atoms with Gasteiger partial charge in [-0.3, -0.25) is 0 Å². The summed E-state index contributed by atoms with van der Waals surface area (Å²) in [7, 11) is 0. The minimum absolute atomic E-state index is 0. The van der Waals surface area contributed by atoms with Crippen LogP contribution in [0.2, 0.25) is 0 Å². The van der Waals surface area contributed by atoms with Crippen LogP contribution >= 0.6 is 0 Å². The Balaban J connectivity index is 0. The summed E-state index contributed by atoms with van der Waals surface area (Å²) in [5, 5.41) is 0. The molecule has 21 valence electrons. The topological polar surface area (TPSA) is 0 Å². The zero-order chi connectivity index (χ0) is 0. The number of hydrogen-bond donors (Lipinski definition) is 0. The molecule has 0 atom stereocenters. The second-order valence-electron chi connectivity index (χ2n) is 0. The molecule has 0 saturated carbocycles. The van der Waals surface area contributed by atoms with Crippen LogP contribution in [0.15, 0.2) is 0 Å². The average Bonchev–Trinajstić information content (AvgIpc) is 0. The van der Waals surface area contributed by atoms with E-state index in [1.54, 1.807) is 0 Å². The molecule has 0 aliphatic carbocycles. The Hall–Kier alpha value is 3.73. The van der Waals surface area contributed by atoms with Crippen LogP contribution in [-0.2, 0) is 34.4 Å². The van der Waals surface area contributed by atoms with Crippen molar-refractivity contribution in [3.8, 4) is 0 Å². The van der Waals surface area contributed by atoms with E-state index in [9.17, 15) is 0 Å². The molecule has 1 radical (unpaired) electrons. The molecule has 0 N–H and O–H groups in total. The standard InChI is InChI=1S/Cr.Fe.La.Sr.2H. The van der Waals surface area contributed by atoms with Gasteiger partial charge in [0.05, 0.1) is 0 Å². The minimum atomic E-state index is 0. The van der Waals surface area contributed by atoms with Gasteiger partial charge in [0.2, 0.25) is 0 Å². The van der Waals surface area contributed by atoms with Crippen LogP contribution < -0.4 is 0 Å². The van der Waals surface area contributed by atoms with Gasteiger partial charge in [0, 0.05) is 70.0 Å². The Labute approximate surface area is 112 Å². The Bertz CT molecular complexity index is 8.00. The maximum absolute atomic E-state index is 0. The van der Waals surface area contributed by atoms with Crippen molar-refractivity contribution >= 4 is 45.5 Å². The van der Waals surface area contributed by atoms with Crippen LogP contribution in [0.4, 0.5) is 0 Å². The van der Waals surface area contributed by atoms with E-state index in [1.807, 2.05) is 0 Å². The summed E-state index contributed by atoms with van der Waals surface area (Å²) in [6.07, 6.45) is 0. The van der Waals surface area contributed by atoms with Crippen molar-refractivity contribution in [1.82, 2.24) is 0 Å². The summed E-state index contributed by atoms with van der Waals surface area (Å²) < 4.78 is 0. The molecule has 0 aromatic heterocycles. The molecule has 0 unspecified atom stereocenters. The molecule has 0 nitrogen and oxygen atoms in total. The van der Waals surface area contributed by atoms with E-state index >= 15 is 0 Å². The van der Waals surface area contributed by atoms with E-state index in [1.165, 1.54) is 0 Å². The molecule has 0 aromatic carbocycles. The molecule has 4 heteroatoms. The van der Waals surface area contributed by atoms with Crippen LogP contribution in [0.3, 0.4) is 0 Å². The third-order valence-electron chi connectivity index (χ3n) is 0. The van der Waals surface area contributed by atoms with E-state index in [0.717, 1.165) is 0 Å². The van der Waals surface area contributed by atoms with Crippen molar-refractivity contribution in [3.63, 3.8) is 0 Å². The molecule has 0 rings (SSSR count). The van der Waals surface area contributed by atoms with Crippen LogP contribution in [0, 0.1) is 35.6 Å². The third kappa shape index (κ3) is 9.21. The van der Waals surface area contributed by atoms with E-state index in [-0.39, 0.29) is 116 Å². The van der Waals surface area contributed by atoms with Crippen LogP contribution in [0.25, 0.3) is 0 Å². The van der Waals surface area contributed by atoms with Gasteiger partial charge in [-0.2, -0.15) is 0 Å². The Morgan fingerprint density at radius 3 is 1.00 bits per heavy atom. The van der Waals surface area contributed by atoms with E-state index in [0.29, 0.717) is 0 Å². The van der Waals surface area contributed by atoms with Gasteiger partial charge in [0.25, 0.3) is 0 Å². The van der Waals surface area contributed by atoms with Gasteiger partial charge in [-0.15, -0.1) is 0 Å². The van der Waals surface area contributed by atoms with Crippen molar-refractivity contribution in [1.29, 1.82) is 0 Å². The summed E-state index contributed by atoms with van der Waals surface area (Å²) in [6.45, 7) is 0. The summed E-state index contributed by atoms with van der Waals surface area (Å²) in [4.78, 5) is 0. The number of rotatable bonds is 0. The Kier molecular flexibility index (Phi) is 100.0. The van der Waals surface area contributed by atoms with Crippen LogP contribution in [0.5, 0.6) is 0 Å². The molecule has 4 heavy (non-hydrogen) atoms. The molecule has 0 bridgehead atoms. The van der Waals surface area contributed by atoms with Gasteiger partial charge < -0.3 is 0 Å². The van der Waals surface area contributed by atoms with Gasteiger partial charge in [-0.1, -0.05) is 0 Å². The van der Waals surface area contributed by atoms with Crippen molar-refractivity contribution in [2.24, 2.45) is 0 Å². The monoisotopic (exact) mass is 337 g/mol. The predicted octanol–water partition coefficient (Wildman–Crippen LogP) is -0.921. The zero-order valence-corrected chi connectivity index (χ0v) is 7.34. The summed E-state index contributed by atoms with van der Waals surface area (Å²) >= 11 is 0. The van der Waals surface area contributed by atoms with Crippen LogP contribution in [-0.4, -0.2) is 45.5 Å². The molecular weight excluding hydrogens is 334 g/mol. The fourth-order valence-electron chi connectivity index (χ4n) is 0. The Morgan fingerprint density at radius 1 is 1.00 bits per heavy atom. The van der Waals surface area contributed by atoms with Gasteiger partial charge in [0.1, 0.15) is 0 Å². The normalized spacial score (nSPS) is 0. The van der Waals surface area contributed by atoms with E-state index in [2.05, 4.69) is 0 Å². The van der Waals surface area contributed by atoms with Crippen molar-refractivity contribution < 1.29 is 70.0 Å². The summed E-state index contributed by atoms with van der Waals surface area (Å²) in [5.41, 5.74) is 0. The van der Waals surface area contributed by atoms with Crippen LogP contribution in [0.1, 0.15) is 0 Å². The average molecular weight is 336 g/mol. The van der Waals surface area contributed by atoms with Gasteiger partial charge in [0.15, 0.2) is 0 Å². The molecule has 0 saturated heterocycles. The maximum atomic E-state index is 0. The molecule has 0 heterocycles. The van der Waals surface area contributed by atoms with Gasteiger partial charge >= 0.3 is 45.5 Å². The molecule has 0 spiro atoms. The molecule has 0 fully saturated rings. The first-order chi connectivity index (χ1) is 0. The first-order valence-corrected chi connectivity index (χ1v) is 0. The van der Waals surface area contributed by atoms with Crippen molar-refractivity contribution in [2.45, 2.75) is 0 Å². The first-order valence-electron chi connectivity index (χ1n) is 0. The van der Waals surface area contributed by atoms with Gasteiger partial charge in [-0.05, 0) is 0 Å². The fraction of sp³-hybridized carbons (Fsp3) is 0. The predicted molar refractivity (Wildman–Crippen MR) is 8.54 cm³/mol. The SMILES string of the molecule is [Cr].[Fe].[La].[SrH2]. The molecule has 0 aliphatic heterocycles. The first kappa shape index (κ1) is 25.2. The second kappa shape index (κ2) is 15.9. The second-order valence-corrected chi connectivity index (χ2v) is 0. The zero-order valence-electron chi connectivity index (χ0n) is 1.34. The molecular formula is H2CrFeLaSr. The van der Waals surface area contributed by atoms with E-state index in [4.69, 9.17) is 0 Å². The molecule has 0 amide bonds. The quantitative estimate of drug-likeness (QED) is 0.502. The van der Waals surface area contributed by atoms with Crippen molar-refractivity contribution in [2.75, 3.05) is 0 Å².